The second-order valence-corrected chi connectivity index (χ2v) is 9.47. The van der Waals surface area contributed by atoms with Crippen LogP contribution in [0.15, 0.2) is 0 Å². The Morgan fingerprint density at radius 3 is 2.68 bits per heavy atom. The van der Waals surface area contributed by atoms with E-state index in [-0.39, 0.29) is 12.3 Å². The number of hydrogen-bond donors (Lipinski definition) is 1. The van der Waals surface area contributed by atoms with E-state index >= 15 is 0 Å². The quantitative estimate of drug-likeness (QED) is 0.363. The predicted molar refractivity (Wildman–Crippen MR) is 91.9 cm³/mol. The third-order valence-electron chi connectivity index (χ3n) is 2.75. The number of imidazole rings is 1. The Hall–Kier alpha value is 0.165. The Balaban J connectivity index is 3.19. The maximum Gasteiger partial charge on any atom is 0.358 e. The molecule has 1 heterocycles. The van der Waals surface area contributed by atoms with Gasteiger partial charge in [0.05, 0.1) is 19.4 Å². The highest BCUT2D eigenvalue weighted by molar-refractivity contribution is 14.3. The largest absolute Gasteiger partial charge is 0.464 e. The highest BCUT2D eigenvalue weighted by Gasteiger charge is 2.23. The SMILES string of the molecule is CCCCc1nc(C(=O)OC)c(CO)n1CB(I)I. The molecule has 0 amide bonds. The highest BCUT2D eigenvalue weighted by atomic mass is 127. The van der Waals surface area contributed by atoms with Gasteiger partial charge in [-0.1, -0.05) is 13.3 Å². The summed E-state index contributed by atoms with van der Waals surface area (Å²) in [5.41, 5.74) is 0.792. The Bertz CT molecular complexity index is 438. The zero-order chi connectivity index (χ0) is 14.4. The molecule has 0 aromatic carbocycles. The molecule has 0 saturated heterocycles. The number of aliphatic hydroxyl groups excluding tert-OH is 1. The van der Waals surface area contributed by atoms with Crippen molar-refractivity contribution < 1.29 is 14.6 Å². The summed E-state index contributed by atoms with van der Waals surface area (Å²) in [5.74, 6) is 0.364. The smallest absolute Gasteiger partial charge is 0.358 e. The first-order chi connectivity index (χ1) is 9.04. The standard InChI is InChI=1S/C11H17BI2N2O3/c1-3-4-5-9-15-10(11(18)19-2)8(6-17)16(9)7-12(13)14/h17H,3-7H2,1-2H3. The first-order valence-electron chi connectivity index (χ1n) is 6.10. The lowest BCUT2D eigenvalue weighted by Crippen LogP contribution is -2.15. The van der Waals surface area contributed by atoms with Crippen LogP contribution in [-0.4, -0.2) is 30.2 Å². The number of halogens is 2. The van der Waals surface area contributed by atoms with E-state index in [1.165, 1.54) is 7.11 Å². The molecule has 1 rings (SSSR count). The van der Waals surface area contributed by atoms with Crippen LogP contribution in [0.25, 0.3) is 0 Å². The molecule has 0 aliphatic rings. The van der Waals surface area contributed by atoms with Gasteiger partial charge in [-0.25, -0.2) is 9.78 Å². The van der Waals surface area contributed by atoms with Crippen molar-refractivity contribution in [2.45, 2.75) is 39.2 Å². The maximum absolute atomic E-state index is 11.7. The van der Waals surface area contributed by atoms with Gasteiger partial charge in [0.2, 0.25) is 0 Å². The maximum atomic E-state index is 11.7. The molecule has 1 aromatic heterocycles. The molecule has 0 atom stereocenters. The van der Waals surface area contributed by atoms with Crippen molar-refractivity contribution in [3.8, 4) is 0 Å². The van der Waals surface area contributed by atoms with E-state index in [2.05, 4.69) is 56.7 Å². The number of nitrogens with zero attached hydrogens (tertiary/aromatic N) is 2. The van der Waals surface area contributed by atoms with Crippen molar-refractivity contribution in [3.63, 3.8) is 0 Å². The molecule has 8 heteroatoms. The Morgan fingerprint density at radius 2 is 2.21 bits per heavy atom. The van der Waals surface area contributed by atoms with Crippen molar-refractivity contribution in [1.82, 2.24) is 9.55 Å². The van der Waals surface area contributed by atoms with E-state index in [0.29, 0.717) is 8.12 Å². The molecule has 0 radical (unpaired) electrons. The lowest BCUT2D eigenvalue weighted by molar-refractivity contribution is 0.0590. The Kier molecular flexibility index (Phi) is 7.66. The van der Waals surface area contributed by atoms with Gasteiger partial charge in [0, 0.05) is 12.9 Å². The average molecular weight is 490 g/mol. The lowest BCUT2D eigenvalue weighted by Gasteiger charge is -2.10. The van der Waals surface area contributed by atoms with Gasteiger partial charge in [0.1, 0.15) is 5.82 Å². The summed E-state index contributed by atoms with van der Waals surface area (Å²) in [6.45, 7) is 1.91. The van der Waals surface area contributed by atoms with Gasteiger partial charge >= 0.3 is 8.39 Å². The number of methoxy groups -OCH3 is 1. The molecule has 106 valence electrons. The number of hydrogen-bond acceptors (Lipinski definition) is 4. The van der Waals surface area contributed by atoms with Crippen molar-refractivity contribution in [2.75, 3.05) is 7.11 Å². The summed E-state index contributed by atoms with van der Waals surface area (Å²) in [4.78, 5) is 16.1. The van der Waals surface area contributed by atoms with E-state index in [0.717, 1.165) is 31.5 Å². The monoisotopic (exact) mass is 490 g/mol. The molecule has 19 heavy (non-hydrogen) atoms. The van der Waals surface area contributed by atoms with E-state index in [1.807, 2.05) is 4.57 Å². The summed E-state index contributed by atoms with van der Waals surface area (Å²) in [6.07, 6.45) is 3.60. The zero-order valence-corrected chi connectivity index (χ0v) is 15.3. The van der Waals surface area contributed by atoms with E-state index < -0.39 is 5.97 Å². The fourth-order valence-corrected chi connectivity index (χ4v) is 2.63. The number of rotatable bonds is 7. The Labute approximate surface area is 140 Å². The second kappa shape index (κ2) is 8.45. The normalized spacial score (nSPS) is 10.6. The third-order valence-corrected chi connectivity index (χ3v) is 3.54. The summed E-state index contributed by atoms with van der Waals surface area (Å²) in [5, 5.41) is 9.52. The molecule has 0 unspecified atom stereocenters. The number of carbonyl (C=O) groups is 1. The highest BCUT2D eigenvalue weighted by Crippen LogP contribution is 2.19. The van der Waals surface area contributed by atoms with Gasteiger partial charge in [0.15, 0.2) is 5.69 Å². The van der Waals surface area contributed by atoms with Crippen molar-refractivity contribution in [3.05, 3.63) is 17.2 Å². The van der Waals surface area contributed by atoms with Crippen molar-refractivity contribution >= 4 is 53.1 Å². The molecule has 1 N–H and O–H groups in total. The lowest BCUT2D eigenvalue weighted by atomic mass is 10.1. The molecule has 0 spiro atoms. The van der Waals surface area contributed by atoms with Gasteiger partial charge in [-0.05, 0) is 6.42 Å². The second-order valence-electron chi connectivity index (χ2n) is 4.08. The molecule has 0 fully saturated rings. The molecular formula is C11H17BI2N2O3. The van der Waals surface area contributed by atoms with Gasteiger partial charge < -0.3 is 14.4 Å². The van der Waals surface area contributed by atoms with Gasteiger partial charge in [0.25, 0.3) is 0 Å². The van der Waals surface area contributed by atoms with Crippen LogP contribution in [0.4, 0.5) is 0 Å². The van der Waals surface area contributed by atoms with Crippen LogP contribution in [0, 0.1) is 0 Å². The number of aliphatic hydroxyl groups is 1. The molecule has 0 saturated carbocycles. The summed E-state index contributed by atoms with van der Waals surface area (Å²) in [7, 11) is 1.33. The predicted octanol–water partition coefficient (Wildman–Crippen LogP) is 2.40. The van der Waals surface area contributed by atoms with E-state index in [4.69, 9.17) is 4.74 Å². The topological polar surface area (TPSA) is 64.3 Å². The molecule has 5 nitrogen and oxygen atoms in total. The summed E-state index contributed by atoms with van der Waals surface area (Å²) < 4.78 is 7.04. The minimum absolute atomic E-state index is 0.205. The van der Waals surface area contributed by atoms with Crippen LogP contribution >= 0.6 is 44.7 Å². The third kappa shape index (κ3) is 4.59. The van der Waals surface area contributed by atoms with Crippen LogP contribution in [0.3, 0.4) is 0 Å². The van der Waals surface area contributed by atoms with Crippen LogP contribution < -0.4 is 0 Å². The van der Waals surface area contributed by atoms with E-state index in [1.54, 1.807) is 0 Å². The number of esters is 1. The van der Waals surface area contributed by atoms with E-state index in [9.17, 15) is 9.90 Å². The number of aryl methyl sites for hydroxylation is 1. The van der Waals surface area contributed by atoms with Gasteiger partial charge in [-0.3, -0.25) is 0 Å². The zero-order valence-electron chi connectivity index (χ0n) is 11.0. The minimum Gasteiger partial charge on any atom is -0.464 e. The van der Waals surface area contributed by atoms with Crippen LogP contribution in [0.5, 0.6) is 0 Å². The van der Waals surface area contributed by atoms with Crippen molar-refractivity contribution in [2.24, 2.45) is 0 Å². The number of aromatic nitrogens is 2. The fourth-order valence-electron chi connectivity index (χ4n) is 1.84. The van der Waals surface area contributed by atoms with Gasteiger partial charge in [-0.2, -0.15) is 0 Å². The fraction of sp³-hybridized carbons (Fsp3) is 0.636. The average Bonchev–Trinajstić information content (AvgIpc) is 2.72. The first-order valence-corrected chi connectivity index (χ1v) is 8.59. The van der Waals surface area contributed by atoms with Gasteiger partial charge in [-0.15, -0.1) is 44.7 Å². The van der Waals surface area contributed by atoms with Crippen LogP contribution in [0.2, 0.25) is 0 Å². The number of unbranched alkanes of at least 4 members (excludes halogenated alkanes) is 1. The Morgan fingerprint density at radius 1 is 1.53 bits per heavy atom. The number of ether oxygens (including phenoxy) is 1. The molecule has 0 aliphatic carbocycles. The van der Waals surface area contributed by atoms with Crippen LogP contribution in [0.1, 0.15) is 41.8 Å². The summed E-state index contributed by atoms with van der Waals surface area (Å²) in [6, 6.07) is 0. The first kappa shape index (κ1) is 17.2. The number of carbonyl (C=O) groups excluding carboxylic acids is 1. The molecular weight excluding hydrogens is 473 g/mol. The minimum atomic E-state index is -0.487. The molecule has 0 bridgehead atoms. The molecule has 0 aliphatic heterocycles. The summed E-state index contributed by atoms with van der Waals surface area (Å²) >= 11 is 4.62. The van der Waals surface area contributed by atoms with Crippen molar-refractivity contribution in [1.29, 1.82) is 0 Å². The molecule has 1 aromatic rings. The van der Waals surface area contributed by atoms with Crippen LogP contribution in [-0.2, 0) is 24.2 Å².